The van der Waals surface area contributed by atoms with Crippen molar-refractivity contribution in [2.24, 2.45) is 5.73 Å². The lowest BCUT2D eigenvalue weighted by Crippen LogP contribution is -2.43. The quantitative estimate of drug-likeness (QED) is 0.631. The summed E-state index contributed by atoms with van der Waals surface area (Å²) >= 11 is 0. The Morgan fingerprint density at radius 1 is 1.56 bits per heavy atom. The first-order valence-corrected chi connectivity index (χ1v) is 5.12. The Labute approximate surface area is 103 Å². The normalized spacial score (nSPS) is 11.7. The second-order valence-corrected chi connectivity index (χ2v) is 3.56. The van der Waals surface area contributed by atoms with E-state index in [1.165, 1.54) is 31.0 Å². The number of carbonyl (C=O) groups is 3. The Kier molecular flexibility index (Phi) is 4.41. The van der Waals surface area contributed by atoms with Gasteiger partial charge in [-0.3, -0.25) is 14.3 Å². The van der Waals surface area contributed by atoms with Crippen molar-refractivity contribution in [2.75, 3.05) is 7.11 Å². The third kappa shape index (κ3) is 3.58. The molecule has 18 heavy (non-hydrogen) atoms. The van der Waals surface area contributed by atoms with Crippen molar-refractivity contribution in [3.8, 4) is 0 Å². The summed E-state index contributed by atoms with van der Waals surface area (Å²) in [7, 11) is 1.22. The zero-order chi connectivity index (χ0) is 13.7. The van der Waals surface area contributed by atoms with Gasteiger partial charge >= 0.3 is 5.97 Å². The van der Waals surface area contributed by atoms with E-state index in [1.807, 2.05) is 0 Å². The minimum atomic E-state index is -0.867. The second-order valence-electron chi connectivity index (χ2n) is 3.56. The summed E-state index contributed by atoms with van der Waals surface area (Å²) in [6.45, 7) is 1.34. The van der Waals surface area contributed by atoms with Gasteiger partial charge in [0.15, 0.2) is 0 Å². The van der Waals surface area contributed by atoms with Crippen LogP contribution in [0.25, 0.3) is 0 Å². The number of rotatable bonds is 5. The topological polar surface area (TPSA) is 116 Å². The molecule has 0 aromatic carbocycles. The van der Waals surface area contributed by atoms with Crippen molar-refractivity contribution in [2.45, 2.75) is 19.5 Å². The number of nitrogens with two attached hydrogens (primary N) is 1. The van der Waals surface area contributed by atoms with Crippen LogP contribution < -0.4 is 11.1 Å². The van der Waals surface area contributed by atoms with E-state index in [2.05, 4.69) is 15.2 Å². The van der Waals surface area contributed by atoms with Gasteiger partial charge in [0.2, 0.25) is 5.91 Å². The summed E-state index contributed by atoms with van der Waals surface area (Å²) in [5.74, 6) is -1.63. The van der Waals surface area contributed by atoms with E-state index in [9.17, 15) is 14.4 Å². The van der Waals surface area contributed by atoms with Gasteiger partial charge in [-0.1, -0.05) is 0 Å². The minimum absolute atomic E-state index is 0.0551. The van der Waals surface area contributed by atoms with Crippen LogP contribution in [0.5, 0.6) is 0 Å². The number of ether oxygens (including phenoxy) is 1. The molecule has 98 valence electrons. The van der Waals surface area contributed by atoms with Crippen LogP contribution in [0.2, 0.25) is 0 Å². The lowest BCUT2D eigenvalue weighted by Gasteiger charge is -2.15. The lowest BCUT2D eigenvalue weighted by atomic mass is 10.3. The molecule has 0 spiro atoms. The third-order valence-electron chi connectivity index (χ3n) is 2.13. The van der Waals surface area contributed by atoms with E-state index in [4.69, 9.17) is 5.73 Å². The Morgan fingerprint density at radius 2 is 2.22 bits per heavy atom. The molecule has 0 aliphatic heterocycles. The van der Waals surface area contributed by atoms with Crippen molar-refractivity contribution in [1.29, 1.82) is 0 Å². The van der Waals surface area contributed by atoms with Crippen molar-refractivity contribution in [3.05, 3.63) is 18.0 Å². The molecular formula is C10H14N4O4. The van der Waals surface area contributed by atoms with E-state index in [-0.39, 0.29) is 18.1 Å². The fourth-order valence-electron chi connectivity index (χ4n) is 1.35. The minimum Gasteiger partial charge on any atom is -0.467 e. The Bertz CT molecular complexity index is 468. The highest BCUT2D eigenvalue weighted by molar-refractivity contribution is 5.90. The standard InChI is InChI=1S/C10H14N4O4/c1-6(15)12-8(10(17)18-2)5-14-4-3-7(13-14)9(11)16/h3-4,8H,5H2,1-2H3,(H2,11,16)(H,12,15). The number of hydrogen-bond acceptors (Lipinski definition) is 5. The first kappa shape index (κ1) is 13.7. The maximum atomic E-state index is 11.4. The molecule has 1 aromatic heterocycles. The van der Waals surface area contributed by atoms with Gasteiger partial charge in [0.05, 0.1) is 13.7 Å². The number of esters is 1. The summed E-state index contributed by atoms with van der Waals surface area (Å²) < 4.78 is 5.88. The van der Waals surface area contributed by atoms with Gasteiger partial charge < -0.3 is 15.8 Å². The van der Waals surface area contributed by atoms with Gasteiger partial charge in [-0.05, 0) is 6.07 Å². The third-order valence-corrected chi connectivity index (χ3v) is 2.13. The van der Waals surface area contributed by atoms with Gasteiger partial charge in [-0.2, -0.15) is 5.10 Å². The summed E-state index contributed by atoms with van der Waals surface area (Å²) in [5.41, 5.74) is 5.13. The number of primary amides is 1. The molecule has 0 bridgehead atoms. The molecule has 8 heteroatoms. The van der Waals surface area contributed by atoms with Crippen LogP contribution in [0.1, 0.15) is 17.4 Å². The maximum absolute atomic E-state index is 11.4. The fourth-order valence-corrected chi connectivity index (χ4v) is 1.35. The smallest absolute Gasteiger partial charge is 0.330 e. The molecule has 0 saturated carbocycles. The van der Waals surface area contributed by atoms with Crippen LogP contribution in [0.15, 0.2) is 12.3 Å². The molecule has 0 fully saturated rings. The molecule has 0 aliphatic rings. The predicted molar refractivity (Wildman–Crippen MR) is 60.4 cm³/mol. The van der Waals surface area contributed by atoms with Gasteiger partial charge in [-0.15, -0.1) is 0 Å². The number of amides is 2. The summed E-state index contributed by atoms with van der Waals surface area (Å²) in [4.78, 5) is 33.2. The summed E-state index contributed by atoms with van der Waals surface area (Å²) in [5, 5.41) is 6.28. The highest BCUT2D eigenvalue weighted by Crippen LogP contribution is 1.98. The zero-order valence-corrected chi connectivity index (χ0v) is 10.0. The average molecular weight is 254 g/mol. The van der Waals surface area contributed by atoms with Gasteiger partial charge in [-0.25, -0.2) is 4.79 Å². The first-order chi connectivity index (χ1) is 8.43. The van der Waals surface area contributed by atoms with E-state index >= 15 is 0 Å². The van der Waals surface area contributed by atoms with Crippen molar-refractivity contribution >= 4 is 17.8 Å². The maximum Gasteiger partial charge on any atom is 0.330 e. The molecule has 0 saturated heterocycles. The fraction of sp³-hybridized carbons (Fsp3) is 0.400. The Balaban J connectivity index is 2.78. The van der Waals surface area contributed by atoms with Crippen molar-refractivity contribution < 1.29 is 19.1 Å². The van der Waals surface area contributed by atoms with Crippen LogP contribution >= 0.6 is 0 Å². The van der Waals surface area contributed by atoms with Crippen LogP contribution in [0.3, 0.4) is 0 Å². The summed E-state index contributed by atoms with van der Waals surface area (Å²) in [6, 6.07) is 0.554. The number of nitrogens with zero attached hydrogens (tertiary/aromatic N) is 2. The molecule has 1 unspecified atom stereocenters. The van der Waals surface area contributed by atoms with E-state index in [0.717, 1.165) is 0 Å². The van der Waals surface area contributed by atoms with Gasteiger partial charge in [0.1, 0.15) is 11.7 Å². The molecule has 3 N–H and O–H groups in total. The lowest BCUT2D eigenvalue weighted by molar-refractivity contribution is -0.145. The predicted octanol–water partition coefficient (Wildman–Crippen LogP) is -1.34. The van der Waals surface area contributed by atoms with E-state index in [0.29, 0.717) is 0 Å². The average Bonchev–Trinajstić information content (AvgIpc) is 2.75. The number of carbonyl (C=O) groups excluding carboxylic acids is 3. The monoisotopic (exact) mass is 254 g/mol. The molecule has 1 aromatic rings. The van der Waals surface area contributed by atoms with Crippen LogP contribution in [0.4, 0.5) is 0 Å². The molecule has 0 aliphatic carbocycles. The summed E-state index contributed by atoms with van der Waals surface area (Å²) in [6.07, 6.45) is 1.48. The number of nitrogens with one attached hydrogen (secondary N) is 1. The molecule has 0 radical (unpaired) electrons. The highest BCUT2D eigenvalue weighted by atomic mass is 16.5. The Morgan fingerprint density at radius 3 is 2.67 bits per heavy atom. The van der Waals surface area contributed by atoms with E-state index < -0.39 is 17.9 Å². The van der Waals surface area contributed by atoms with Crippen LogP contribution in [0, 0.1) is 0 Å². The molecule has 8 nitrogen and oxygen atoms in total. The molecule has 1 heterocycles. The molecule has 1 rings (SSSR count). The van der Waals surface area contributed by atoms with Crippen LogP contribution in [-0.2, 0) is 20.9 Å². The number of aromatic nitrogens is 2. The number of hydrogen-bond donors (Lipinski definition) is 2. The molecule has 1 atom stereocenters. The molecule has 2 amide bonds. The molecular weight excluding hydrogens is 240 g/mol. The van der Waals surface area contributed by atoms with Gasteiger partial charge in [0, 0.05) is 13.1 Å². The SMILES string of the molecule is COC(=O)C(Cn1ccc(C(N)=O)n1)NC(C)=O. The zero-order valence-electron chi connectivity index (χ0n) is 10.0. The highest BCUT2D eigenvalue weighted by Gasteiger charge is 2.21. The van der Waals surface area contributed by atoms with E-state index in [1.54, 1.807) is 0 Å². The van der Waals surface area contributed by atoms with Crippen LogP contribution in [-0.4, -0.2) is 40.7 Å². The first-order valence-electron chi connectivity index (χ1n) is 5.12. The second kappa shape index (κ2) is 5.80. The number of methoxy groups -OCH3 is 1. The Hall–Kier alpha value is -2.38. The van der Waals surface area contributed by atoms with Crippen molar-refractivity contribution in [3.63, 3.8) is 0 Å². The largest absolute Gasteiger partial charge is 0.467 e. The van der Waals surface area contributed by atoms with Crippen molar-refractivity contribution in [1.82, 2.24) is 15.1 Å². The van der Waals surface area contributed by atoms with Gasteiger partial charge in [0.25, 0.3) is 5.91 Å².